The maximum absolute atomic E-state index is 12.7. The van der Waals surface area contributed by atoms with Gasteiger partial charge in [-0.15, -0.1) is 0 Å². The lowest BCUT2D eigenvalue weighted by Gasteiger charge is -2.42. The van der Waals surface area contributed by atoms with E-state index in [1.165, 1.54) is 22.8 Å². The van der Waals surface area contributed by atoms with Gasteiger partial charge in [0.25, 0.3) is 0 Å². The molecule has 6 nitrogen and oxygen atoms in total. The molecule has 3 N–H and O–H groups in total. The quantitative estimate of drug-likeness (QED) is 0.766. The summed E-state index contributed by atoms with van der Waals surface area (Å²) in [5, 5.41) is 2.81. The summed E-state index contributed by atoms with van der Waals surface area (Å²) in [6.45, 7) is 9.09. The third-order valence-electron chi connectivity index (χ3n) is 6.20. The Hall–Kier alpha value is -2.76. The second-order valence-corrected chi connectivity index (χ2v) is 9.25. The Labute approximate surface area is 172 Å². The number of rotatable bonds is 4. The molecule has 0 bridgehead atoms. The molecule has 3 rings (SSSR count). The van der Waals surface area contributed by atoms with E-state index in [-0.39, 0.29) is 28.9 Å². The number of hydrogen-bond acceptors (Lipinski definition) is 4. The van der Waals surface area contributed by atoms with Gasteiger partial charge in [0.15, 0.2) is 5.69 Å². The van der Waals surface area contributed by atoms with Gasteiger partial charge in [-0.05, 0) is 40.4 Å². The highest BCUT2D eigenvalue weighted by Crippen LogP contribution is 2.45. The van der Waals surface area contributed by atoms with Gasteiger partial charge in [-0.1, -0.05) is 45.9 Å². The molecule has 29 heavy (non-hydrogen) atoms. The summed E-state index contributed by atoms with van der Waals surface area (Å²) in [5.41, 5.74) is 10.4. The number of nitrogens with zero attached hydrogens (tertiary/aromatic N) is 1. The summed E-state index contributed by atoms with van der Waals surface area (Å²) >= 11 is 0. The van der Waals surface area contributed by atoms with Crippen molar-refractivity contribution in [3.8, 4) is 0 Å². The number of nitrogen functional groups attached to an aromatic ring is 1. The fourth-order valence-corrected chi connectivity index (χ4v) is 4.19. The molecule has 0 aliphatic heterocycles. The highest BCUT2D eigenvalue weighted by atomic mass is 16.5. The van der Waals surface area contributed by atoms with E-state index >= 15 is 0 Å². The van der Waals surface area contributed by atoms with Crippen molar-refractivity contribution >= 4 is 23.4 Å². The standard InChI is InChI=1S/C23H31N3O3/c1-22(2)9-10-23(3,4)16-11-14(7-8-15(16)22)12-19(27)25-17-13-18(24)26(5)20(17)21(28)29-6/h7-8,11,13H,9-10,12,24H2,1-6H3,(H,25,27). The fourth-order valence-electron chi connectivity index (χ4n) is 4.19. The first-order valence-electron chi connectivity index (χ1n) is 9.93. The van der Waals surface area contributed by atoms with Crippen LogP contribution in [0.4, 0.5) is 11.5 Å². The maximum atomic E-state index is 12.7. The first-order chi connectivity index (χ1) is 13.5. The zero-order chi connectivity index (χ0) is 21.6. The number of carbonyl (C=O) groups is 2. The molecule has 0 spiro atoms. The van der Waals surface area contributed by atoms with Gasteiger partial charge in [0.05, 0.1) is 19.2 Å². The summed E-state index contributed by atoms with van der Waals surface area (Å²) < 4.78 is 6.31. The summed E-state index contributed by atoms with van der Waals surface area (Å²) in [5.74, 6) is -0.371. The van der Waals surface area contributed by atoms with Gasteiger partial charge in [0.2, 0.25) is 5.91 Å². The molecule has 1 heterocycles. The lowest BCUT2D eigenvalue weighted by molar-refractivity contribution is -0.115. The average molecular weight is 398 g/mol. The smallest absolute Gasteiger partial charge is 0.356 e. The van der Waals surface area contributed by atoms with E-state index in [1.54, 1.807) is 13.1 Å². The molecule has 1 aromatic carbocycles. The Bertz CT molecular complexity index is 970. The normalized spacial score (nSPS) is 16.8. The summed E-state index contributed by atoms with van der Waals surface area (Å²) in [6.07, 6.45) is 2.49. The van der Waals surface area contributed by atoms with Gasteiger partial charge in [-0.2, -0.15) is 0 Å². The molecule has 156 valence electrons. The highest BCUT2D eigenvalue weighted by molar-refractivity contribution is 6.02. The molecule has 1 aliphatic rings. The second-order valence-electron chi connectivity index (χ2n) is 9.25. The van der Waals surface area contributed by atoms with Crippen LogP contribution in [0.15, 0.2) is 24.3 Å². The van der Waals surface area contributed by atoms with Crippen molar-refractivity contribution in [1.29, 1.82) is 0 Å². The van der Waals surface area contributed by atoms with Crippen LogP contribution in [0.3, 0.4) is 0 Å². The van der Waals surface area contributed by atoms with Crippen LogP contribution < -0.4 is 11.1 Å². The molecule has 1 aromatic heterocycles. The van der Waals surface area contributed by atoms with E-state index in [4.69, 9.17) is 10.5 Å². The summed E-state index contributed by atoms with van der Waals surface area (Å²) in [6, 6.07) is 7.93. The maximum Gasteiger partial charge on any atom is 0.356 e. The van der Waals surface area contributed by atoms with Crippen molar-refractivity contribution in [3.05, 3.63) is 46.6 Å². The number of benzene rings is 1. The van der Waals surface area contributed by atoms with Crippen molar-refractivity contribution in [2.45, 2.75) is 57.8 Å². The van der Waals surface area contributed by atoms with E-state index in [0.29, 0.717) is 11.5 Å². The van der Waals surface area contributed by atoms with Gasteiger partial charge in [0, 0.05) is 13.1 Å². The third-order valence-corrected chi connectivity index (χ3v) is 6.20. The number of nitrogens with one attached hydrogen (secondary N) is 1. The van der Waals surface area contributed by atoms with Gasteiger partial charge in [0.1, 0.15) is 5.82 Å². The number of nitrogens with two attached hydrogens (primary N) is 1. The second kappa shape index (κ2) is 7.25. The van der Waals surface area contributed by atoms with Crippen molar-refractivity contribution in [3.63, 3.8) is 0 Å². The fraction of sp³-hybridized carbons (Fsp3) is 0.478. The number of methoxy groups -OCH3 is 1. The zero-order valence-corrected chi connectivity index (χ0v) is 18.2. The number of aromatic nitrogens is 1. The third kappa shape index (κ3) is 3.88. The first kappa shape index (κ1) is 21.0. The van der Waals surface area contributed by atoms with Gasteiger partial charge >= 0.3 is 5.97 Å². The molecule has 0 atom stereocenters. The van der Waals surface area contributed by atoms with E-state index in [0.717, 1.165) is 18.4 Å². The molecule has 0 fully saturated rings. The van der Waals surface area contributed by atoms with Gasteiger partial charge in [-0.25, -0.2) is 4.79 Å². The minimum atomic E-state index is -0.544. The lowest BCUT2D eigenvalue weighted by atomic mass is 9.63. The van der Waals surface area contributed by atoms with Crippen LogP contribution in [-0.2, 0) is 33.8 Å². The Morgan fingerprint density at radius 3 is 2.34 bits per heavy atom. The van der Waals surface area contributed by atoms with Crippen LogP contribution in [0.5, 0.6) is 0 Å². The number of fused-ring (bicyclic) bond motifs is 1. The molecule has 0 radical (unpaired) electrons. The lowest BCUT2D eigenvalue weighted by Crippen LogP contribution is -2.34. The van der Waals surface area contributed by atoms with Crippen LogP contribution in [0.25, 0.3) is 0 Å². The number of esters is 1. The predicted octanol–water partition coefficient (Wildman–Crippen LogP) is 3.92. The molecule has 0 saturated carbocycles. The van der Waals surface area contributed by atoms with Crippen LogP contribution in [0.2, 0.25) is 0 Å². The largest absolute Gasteiger partial charge is 0.464 e. The van der Waals surface area contributed by atoms with Crippen molar-refractivity contribution in [2.24, 2.45) is 7.05 Å². The molecule has 1 aliphatic carbocycles. The SMILES string of the molecule is COC(=O)c1c(NC(=O)Cc2ccc3c(c2)C(C)(C)CCC3(C)C)cc(N)n1C. The van der Waals surface area contributed by atoms with E-state index < -0.39 is 5.97 Å². The van der Waals surface area contributed by atoms with Crippen molar-refractivity contribution in [2.75, 3.05) is 18.2 Å². The summed E-state index contributed by atoms with van der Waals surface area (Å²) in [4.78, 5) is 24.8. The minimum Gasteiger partial charge on any atom is -0.464 e. The number of hydrogen-bond donors (Lipinski definition) is 2. The Kier molecular flexibility index (Phi) is 5.24. The first-order valence-corrected chi connectivity index (χ1v) is 9.93. The van der Waals surface area contributed by atoms with Crippen molar-refractivity contribution < 1.29 is 14.3 Å². The topological polar surface area (TPSA) is 86.3 Å². The molecule has 6 heteroatoms. The Balaban J connectivity index is 1.85. The number of ether oxygens (including phenoxy) is 1. The molecular formula is C23H31N3O3. The molecule has 0 saturated heterocycles. The van der Waals surface area contributed by atoms with Gasteiger partial charge < -0.3 is 20.4 Å². The van der Waals surface area contributed by atoms with Crippen LogP contribution in [0.1, 0.15) is 67.7 Å². The zero-order valence-electron chi connectivity index (χ0n) is 18.2. The predicted molar refractivity (Wildman–Crippen MR) is 115 cm³/mol. The summed E-state index contributed by atoms with van der Waals surface area (Å²) in [7, 11) is 2.96. The molecule has 1 amide bonds. The molecule has 0 unspecified atom stereocenters. The van der Waals surface area contributed by atoms with Gasteiger partial charge in [-0.3, -0.25) is 4.79 Å². The Morgan fingerprint density at radius 1 is 1.10 bits per heavy atom. The number of anilines is 2. The average Bonchev–Trinajstić information content (AvgIpc) is 2.92. The van der Waals surface area contributed by atoms with Crippen LogP contribution in [-0.4, -0.2) is 23.6 Å². The van der Waals surface area contributed by atoms with Crippen LogP contribution in [0, 0.1) is 0 Å². The number of carbonyl (C=O) groups excluding carboxylic acids is 2. The molecular weight excluding hydrogens is 366 g/mol. The Morgan fingerprint density at radius 2 is 1.72 bits per heavy atom. The monoisotopic (exact) mass is 397 g/mol. The van der Waals surface area contributed by atoms with E-state index in [2.05, 4.69) is 45.1 Å². The van der Waals surface area contributed by atoms with E-state index in [1.807, 2.05) is 6.07 Å². The van der Waals surface area contributed by atoms with Crippen molar-refractivity contribution in [1.82, 2.24) is 4.57 Å². The minimum absolute atomic E-state index is 0.0866. The highest BCUT2D eigenvalue weighted by Gasteiger charge is 2.37. The number of amides is 1. The van der Waals surface area contributed by atoms with E-state index in [9.17, 15) is 9.59 Å². The van der Waals surface area contributed by atoms with Crippen LogP contribution >= 0.6 is 0 Å². The molecule has 2 aromatic rings.